The molecule has 6 heteroatoms. The quantitative estimate of drug-likeness (QED) is 0.761. The van der Waals surface area contributed by atoms with Crippen molar-refractivity contribution >= 4 is 17.5 Å². The lowest BCUT2D eigenvalue weighted by Gasteiger charge is -2.20. The number of nitrogen functional groups attached to an aromatic ring is 1. The Balaban J connectivity index is 2.18. The third-order valence-electron chi connectivity index (χ3n) is 3.20. The standard InChI is InChI=1S/C13H16FN3O2/c1-16-5-2-6-17(8-12(16)18)13(19)9-3-4-10(14)11(15)7-9/h3-4,7H,2,5-6,8,15H2,1H3. The number of nitrogens with zero attached hydrogens (tertiary/aromatic N) is 2. The molecule has 2 amide bonds. The molecule has 2 N–H and O–H groups in total. The van der Waals surface area contributed by atoms with Crippen molar-refractivity contribution in [2.45, 2.75) is 6.42 Å². The number of amides is 2. The summed E-state index contributed by atoms with van der Waals surface area (Å²) in [5, 5.41) is 0. The van der Waals surface area contributed by atoms with E-state index in [-0.39, 0.29) is 24.0 Å². The Morgan fingerprint density at radius 3 is 2.79 bits per heavy atom. The van der Waals surface area contributed by atoms with Crippen molar-refractivity contribution in [3.8, 4) is 0 Å². The van der Waals surface area contributed by atoms with E-state index >= 15 is 0 Å². The monoisotopic (exact) mass is 265 g/mol. The smallest absolute Gasteiger partial charge is 0.254 e. The van der Waals surface area contributed by atoms with Gasteiger partial charge in [-0.15, -0.1) is 0 Å². The van der Waals surface area contributed by atoms with E-state index in [2.05, 4.69) is 0 Å². The highest BCUT2D eigenvalue weighted by molar-refractivity contribution is 5.97. The molecule has 0 unspecified atom stereocenters. The van der Waals surface area contributed by atoms with Gasteiger partial charge in [0.1, 0.15) is 12.4 Å². The molecule has 5 nitrogen and oxygen atoms in total. The summed E-state index contributed by atoms with van der Waals surface area (Å²) in [6.07, 6.45) is 0.727. The number of likely N-dealkylation sites (N-methyl/N-ethyl adjacent to an activating group) is 1. The van der Waals surface area contributed by atoms with Gasteiger partial charge in [0.2, 0.25) is 5.91 Å². The lowest BCUT2D eigenvalue weighted by atomic mass is 10.1. The van der Waals surface area contributed by atoms with Crippen LogP contribution in [0.4, 0.5) is 10.1 Å². The van der Waals surface area contributed by atoms with E-state index in [0.29, 0.717) is 18.7 Å². The van der Waals surface area contributed by atoms with Crippen molar-refractivity contribution in [1.82, 2.24) is 9.80 Å². The average Bonchev–Trinajstić information content (AvgIpc) is 2.55. The fourth-order valence-corrected chi connectivity index (χ4v) is 2.02. The Labute approximate surface area is 110 Å². The summed E-state index contributed by atoms with van der Waals surface area (Å²) in [5.74, 6) is -0.945. The maximum absolute atomic E-state index is 13.1. The van der Waals surface area contributed by atoms with Crippen molar-refractivity contribution in [1.29, 1.82) is 0 Å². The molecule has 0 aliphatic carbocycles. The van der Waals surface area contributed by atoms with E-state index < -0.39 is 5.82 Å². The van der Waals surface area contributed by atoms with Crippen LogP contribution in [-0.4, -0.2) is 48.3 Å². The topological polar surface area (TPSA) is 66.6 Å². The second-order valence-electron chi connectivity index (χ2n) is 4.63. The number of hydrogen-bond acceptors (Lipinski definition) is 3. The summed E-state index contributed by atoms with van der Waals surface area (Å²) in [4.78, 5) is 27.0. The van der Waals surface area contributed by atoms with Crippen LogP contribution < -0.4 is 5.73 Å². The number of benzene rings is 1. The number of hydrogen-bond donors (Lipinski definition) is 1. The van der Waals surface area contributed by atoms with Crippen LogP contribution in [0.5, 0.6) is 0 Å². The third-order valence-corrected chi connectivity index (χ3v) is 3.20. The van der Waals surface area contributed by atoms with E-state index in [1.807, 2.05) is 0 Å². The molecule has 0 radical (unpaired) electrons. The van der Waals surface area contributed by atoms with E-state index in [1.165, 1.54) is 17.0 Å². The molecule has 0 spiro atoms. The number of carbonyl (C=O) groups excluding carboxylic acids is 2. The minimum Gasteiger partial charge on any atom is -0.396 e. The Kier molecular flexibility index (Phi) is 3.69. The Hall–Kier alpha value is -2.11. The molecule has 1 heterocycles. The highest BCUT2D eigenvalue weighted by Crippen LogP contribution is 2.15. The fraction of sp³-hybridized carbons (Fsp3) is 0.385. The molecule has 0 aromatic heterocycles. The molecule has 1 fully saturated rings. The minimum absolute atomic E-state index is 0.0482. The SMILES string of the molecule is CN1CCCN(C(=O)c2ccc(F)c(N)c2)CC1=O. The molecule has 1 saturated heterocycles. The van der Waals surface area contributed by atoms with Crippen molar-refractivity contribution in [2.24, 2.45) is 0 Å². The van der Waals surface area contributed by atoms with Gasteiger partial charge in [0, 0.05) is 25.7 Å². The molecule has 0 atom stereocenters. The van der Waals surface area contributed by atoms with Crippen LogP contribution in [0.3, 0.4) is 0 Å². The van der Waals surface area contributed by atoms with Gasteiger partial charge in [-0.3, -0.25) is 9.59 Å². The van der Waals surface area contributed by atoms with Crippen LogP contribution >= 0.6 is 0 Å². The van der Waals surface area contributed by atoms with Gasteiger partial charge in [0.25, 0.3) is 5.91 Å². The predicted octanol–water partition coefficient (Wildman–Crippen LogP) is 0.712. The third kappa shape index (κ3) is 2.83. The fourth-order valence-electron chi connectivity index (χ4n) is 2.02. The van der Waals surface area contributed by atoms with Crippen molar-refractivity contribution < 1.29 is 14.0 Å². The van der Waals surface area contributed by atoms with Gasteiger partial charge in [0.05, 0.1) is 5.69 Å². The number of rotatable bonds is 1. The summed E-state index contributed by atoms with van der Waals surface area (Å²) in [5.41, 5.74) is 5.68. The van der Waals surface area contributed by atoms with E-state index in [0.717, 1.165) is 12.5 Å². The molecule has 102 valence electrons. The molecule has 0 bridgehead atoms. The summed E-state index contributed by atoms with van der Waals surface area (Å²) >= 11 is 0. The van der Waals surface area contributed by atoms with Crippen LogP contribution in [-0.2, 0) is 4.79 Å². The van der Waals surface area contributed by atoms with Gasteiger partial charge in [-0.2, -0.15) is 0 Å². The molecule has 1 aromatic rings. The zero-order valence-electron chi connectivity index (χ0n) is 10.7. The van der Waals surface area contributed by atoms with Gasteiger partial charge in [0.15, 0.2) is 0 Å². The van der Waals surface area contributed by atoms with Gasteiger partial charge in [-0.25, -0.2) is 4.39 Å². The van der Waals surface area contributed by atoms with Crippen molar-refractivity contribution in [3.63, 3.8) is 0 Å². The van der Waals surface area contributed by atoms with E-state index in [4.69, 9.17) is 5.73 Å². The summed E-state index contributed by atoms with van der Waals surface area (Å²) in [6.45, 7) is 1.19. The lowest BCUT2D eigenvalue weighted by Crippen LogP contribution is -2.38. The van der Waals surface area contributed by atoms with Gasteiger partial charge in [-0.05, 0) is 24.6 Å². The first-order valence-electron chi connectivity index (χ1n) is 6.07. The largest absolute Gasteiger partial charge is 0.396 e. The Morgan fingerprint density at radius 2 is 2.11 bits per heavy atom. The molecule has 0 saturated carbocycles. The summed E-state index contributed by atoms with van der Waals surface area (Å²) in [7, 11) is 1.71. The van der Waals surface area contributed by atoms with Crippen LogP contribution in [0.25, 0.3) is 0 Å². The Morgan fingerprint density at radius 1 is 1.37 bits per heavy atom. The van der Waals surface area contributed by atoms with Crippen LogP contribution in [0.15, 0.2) is 18.2 Å². The zero-order chi connectivity index (χ0) is 14.0. The number of halogens is 1. The molecule has 2 rings (SSSR count). The van der Waals surface area contributed by atoms with E-state index in [9.17, 15) is 14.0 Å². The van der Waals surface area contributed by atoms with Crippen LogP contribution in [0.2, 0.25) is 0 Å². The van der Waals surface area contributed by atoms with Gasteiger partial charge < -0.3 is 15.5 Å². The highest BCUT2D eigenvalue weighted by atomic mass is 19.1. The maximum Gasteiger partial charge on any atom is 0.254 e. The normalized spacial score (nSPS) is 16.4. The van der Waals surface area contributed by atoms with Gasteiger partial charge >= 0.3 is 0 Å². The molecule has 1 aliphatic heterocycles. The van der Waals surface area contributed by atoms with Crippen molar-refractivity contribution in [3.05, 3.63) is 29.6 Å². The minimum atomic E-state index is -0.553. The van der Waals surface area contributed by atoms with E-state index in [1.54, 1.807) is 11.9 Å². The predicted molar refractivity (Wildman–Crippen MR) is 69.0 cm³/mol. The second-order valence-corrected chi connectivity index (χ2v) is 4.63. The van der Waals surface area contributed by atoms with Crippen LogP contribution in [0.1, 0.15) is 16.8 Å². The van der Waals surface area contributed by atoms with Crippen LogP contribution in [0, 0.1) is 5.82 Å². The summed E-state index contributed by atoms with van der Waals surface area (Å²) in [6, 6.07) is 3.85. The molecule has 19 heavy (non-hydrogen) atoms. The first kappa shape index (κ1) is 13.3. The molecule has 1 aliphatic rings. The molecular formula is C13H16FN3O2. The average molecular weight is 265 g/mol. The Bertz CT molecular complexity index is 519. The zero-order valence-corrected chi connectivity index (χ0v) is 10.7. The lowest BCUT2D eigenvalue weighted by molar-refractivity contribution is -0.129. The first-order chi connectivity index (χ1) is 8.99. The second kappa shape index (κ2) is 5.26. The van der Waals surface area contributed by atoms with Crippen molar-refractivity contribution in [2.75, 3.05) is 32.4 Å². The number of carbonyl (C=O) groups is 2. The van der Waals surface area contributed by atoms with Gasteiger partial charge in [-0.1, -0.05) is 0 Å². The maximum atomic E-state index is 13.1. The summed E-state index contributed by atoms with van der Waals surface area (Å²) < 4.78 is 13.1. The first-order valence-corrected chi connectivity index (χ1v) is 6.07. The highest BCUT2D eigenvalue weighted by Gasteiger charge is 2.23. The number of nitrogens with two attached hydrogens (primary N) is 1. The number of anilines is 1. The molecule has 1 aromatic carbocycles. The molecular weight excluding hydrogens is 249 g/mol.